The zero-order chi connectivity index (χ0) is 18.8. The van der Waals surface area contributed by atoms with Gasteiger partial charge in [0, 0.05) is 32.4 Å². The van der Waals surface area contributed by atoms with E-state index in [-0.39, 0.29) is 6.04 Å². The number of nitrogens with one attached hydrogen (secondary N) is 2. The number of hydrogen-bond donors (Lipinski definition) is 2. The van der Waals surface area contributed by atoms with Crippen LogP contribution in [0.2, 0.25) is 0 Å². The van der Waals surface area contributed by atoms with Crippen LogP contribution in [0.3, 0.4) is 0 Å². The zero-order valence-electron chi connectivity index (χ0n) is 16.3. The maximum Gasteiger partial charge on any atom is 0.191 e. The van der Waals surface area contributed by atoms with Gasteiger partial charge >= 0.3 is 0 Å². The van der Waals surface area contributed by atoms with E-state index in [4.69, 9.17) is 4.74 Å². The minimum atomic E-state index is 0.226. The van der Waals surface area contributed by atoms with Crippen LogP contribution in [0.4, 0.5) is 0 Å². The molecule has 0 spiro atoms. The normalized spacial score (nSPS) is 12.8. The number of nitrogens with zero attached hydrogens (tertiary/aromatic N) is 3. The van der Waals surface area contributed by atoms with Crippen molar-refractivity contribution in [1.29, 1.82) is 0 Å². The van der Waals surface area contributed by atoms with Crippen LogP contribution < -0.4 is 10.6 Å². The highest BCUT2D eigenvalue weighted by Crippen LogP contribution is 2.13. The summed E-state index contributed by atoms with van der Waals surface area (Å²) in [5.41, 5.74) is 3.44. The van der Waals surface area contributed by atoms with Gasteiger partial charge in [0.15, 0.2) is 5.96 Å². The highest BCUT2D eigenvalue weighted by Gasteiger charge is 2.07. The van der Waals surface area contributed by atoms with Crippen molar-refractivity contribution in [1.82, 2.24) is 20.4 Å². The fraction of sp³-hybridized carbons (Fsp3) is 0.500. The lowest BCUT2D eigenvalue weighted by molar-refractivity contribution is 0.179. The van der Waals surface area contributed by atoms with Crippen molar-refractivity contribution in [3.8, 4) is 5.69 Å². The van der Waals surface area contributed by atoms with Gasteiger partial charge in [-0.1, -0.05) is 18.2 Å². The molecule has 2 aromatic rings. The molecule has 2 N–H and O–H groups in total. The van der Waals surface area contributed by atoms with Gasteiger partial charge in [-0.15, -0.1) is 0 Å². The van der Waals surface area contributed by atoms with Crippen molar-refractivity contribution in [2.45, 2.75) is 39.7 Å². The average Bonchev–Trinajstić information content (AvgIpc) is 3.00. The quantitative estimate of drug-likeness (QED) is 0.411. The monoisotopic (exact) mass is 357 g/mol. The van der Waals surface area contributed by atoms with Crippen LogP contribution in [0.25, 0.3) is 5.69 Å². The molecule has 0 saturated carbocycles. The van der Waals surface area contributed by atoms with E-state index in [2.05, 4.69) is 59.8 Å². The van der Waals surface area contributed by atoms with Crippen molar-refractivity contribution < 1.29 is 4.74 Å². The first-order valence-corrected chi connectivity index (χ1v) is 9.28. The van der Waals surface area contributed by atoms with Gasteiger partial charge < -0.3 is 15.4 Å². The Morgan fingerprint density at radius 3 is 2.77 bits per heavy atom. The molecule has 1 heterocycles. The smallest absolute Gasteiger partial charge is 0.191 e. The lowest BCUT2D eigenvalue weighted by Crippen LogP contribution is -2.44. The number of aryl methyl sites for hydroxylation is 2. The highest BCUT2D eigenvalue weighted by molar-refractivity contribution is 5.80. The first-order valence-electron chi connectivity index (χ1n) is 9.28. The molecule has 0 radical (unpaired) electrons. The second-order valence-corrected chi connectivity index (χ2v) is 6.38. The van der Waals surface area contributed by atoms with Crippen LogP contribution in [-0.4, -0.2) is 48.6 Å². The third kappa shape index (κ3) is 6.19. The molecule has 0 amide bonds. The Balaban J connectivity index is 1.89. The summed E-state index contributed by atoms with van der Waals surface area (Å²) in [6, 6.07) is 10.4. The summed E-state index contributed by atoms with van der Waals surface area (Å²) in [7, 11) is 1.71. The Morgan fingerprint density at radius 1 is 1.31 bits per heavy atom. The molecule has 26 heavy (non-hydrogen) atoms. The van der Waals surface area contributed by atoms with Crippen molar-refractivity contribution in [2.75, 3.05) is 26.8 Å². The Labute approximate surface area is 156 Å². The van der Waals surface area contributed by atoms with E-state index in [1.165, 1.54) is 5.56 Å². The van der Waals surface area contributed by atoms with Gasteiger partial charge in [0.2, 0.25) is 0 Å². The summed E-state index contributed by atoms with van der Waals surface area (Å²) < 4.78 is 7.11. The molecule has 0 saturated heterocycles. The van der Waals surface area contributed by atoms with Crippen LogP contribution >= 0.6 is 0 Å². The summed E-state index contributed by atoms with van der Waals surface area (Å²) in [4.78, 5) is 4.66. The Kier molecular flexibility index (Phi) is 8.15. The SMILES string of the molecule is CCNC(=NCCCc1cn(-c2ccccc2)nc1C)NC(C)COC. The van der Waals surface area contributed by atoms with E-state index in [1.54, 1.807) is 7.11 Å². The largest absolute Gasteiger partial charge is 0.383 e. The predicted octanol–water partition coefficient (Wildman–Crippen LogP) is 2.70. The summed E-state index contributed by atoms with van der Waals surface area (Å²) in [5.74, 6) is 0.841. The van der Waals surface area contributed by atoms with E-state index in [0.29, 0.717) is 6.61 Å². The molecule has 0 aliphatic carbocycles. The topological polar surface area (TPSA) is 63.5 Å². The Morgan fingerprint density at radius 2 is 2.08 bits per heavy atom. The minimum Gasteiger partial charge on any atom is -0.383 e. The molecule has 1 aromatic carbocycles. The molecular weight excluding hydrogens is 326 g/mol. The highest BCUT2D eigenvalue weighted by atomic mass is 16.5. The first kappa shape index (κ1) is 20.0. The number of methoxy groups -OCH3 is 1. The fourth-order valence-corrected chi connectivity index (χ4v) is 2.76. The van der Waals surface area contributed by atoms with Crippen molar-refractivity contribution in [3.05, 3.63) is 47.8 Å². The van der Waals surface area contributed by atoms with Crippen LogP contribution in [0, 0.1) is 6.92 Å². The second-order valence-electron chi connectivity index (χ2n) is 6.38. The van der Waals surface area contributed by atoms with Gasteiger partial charge in [-0.05, 0) is 51.3 Å². The molecule has 1 atom stereocenters. The molecule has 142 valence electrons. The molecule has 1 unspecified atom stereocenters. The van der Waals surface area contributed by atoms with E-state index < -0.39 is 0 Å². The summed E-state index contributed by atoms with van der Waals surface area (Å²) in [6.45, 7) is 8.48. The molecule has 0 bridgehead atoms. The Hall–Kier alpha value is -2.34. The number of guanidine groups is 1. The van der Waals surface area contributed by atoms with E-state index >= 15 is 0 Å². The van der Waals surface area contributed by atoms with Crippen molar-refractivity contribution >= 4 is 5.96 Å². The van der Waals surface area contributed by atoms with Crippen molar-refractivity contribution in [2.24, 2.45) is 4.99 Å². The lowest BCUT2D eigenvalue weighted by Gasteiger charge is -2.16. The summed E-state index contributed by atoms with van der Waals surface area (Å²) >= 11 is 0. The first-order chi connectivity index (χ1) is 12.6. The number of benzene rings is 1. The average molecular weight is 358 g/mol. The number of aromatic nitrogens is 2. The van der Waals surface area contributed by atoms with Crippen LogP contribution in [-0.2, 0) is 11.2 Å². The molecule has 0 fully saturated rings. The standard InChI is InChI=1S/C20H31N5O/c1-5-21-20(23-16(2)15-26-4)22-13-9-10-18-14-25(24-17(18)3)19-11-7-6-8-12-19/h6-8,11-12,14,16H,5,9-10,13,15H2,1-4H3,(H2,21,22,23). The maximum absolute atomic E-state index is 5.16. The van der Waals surface area contributed by atoms with E-state index in [9.17, 15) is 0 Å². The van der Waals surface area contributed by atoms with E-state index in [1.807, 2.05) is 22.9 Å². The van der Waals surface area contributed by atoms with Gasteiger partial charge in [-0.2, -0.15) is 5.10 Å². The molecule has 6 heteroatoms. The van der Waals surface area contributed by atoms with Gasteiger partial charge in [-0.3, -0.25) is 4.99 Å². The zero-order valence-corrected chi connectivity index (χ0v) is 16.3. The van der Waals surface area contributed by atoms with E-state index in [0.717, 1.165) is 43.3 Å². The van der Waals surface area contributed by atoms with Crippen LogP contribution in [0.15, 0.2) is 41.5 Å². The summed E-state index contributed by atoms with van der Waals surface area (Å²) in [5, 5.41) is 11.3. The number of rotatable bonds is 9. The van der Waals surface area contributed by atoms with Gasteiger partial charge in [-0.25, -0.2) is 4.68 Å². The maximum atomic E-state index is 5.16. The lowest BCUT2D eigenvalue weighted by atomic mass is 10.1. The summed E-state index contributed by atoms with van der Waals surface area (Å²) in [6.07, 6.45) is 4.07. The molecule has 1 aromatic heterocycles. The van der Waals surface area contributed by atoms with Gasteiger partial charge in [0.1, 0.15) is 0 Å². The van der Waals surface area contributed by atoms with Gasteiger partial charge in [0.05, 0.1) is 18.0 Å². The number of ether oxygens (including phenoxy) is 1. The Bertz CT molecular complexity index is 681. The molecule has 6 nitrogen and oxygen atoms in total. The van der Waals surface area contributed by atoms with Crippen LogP contribution in [0.1, 0.15) is 31.5 Å². The molecule has 0 aliphatic rings. The van der Waals surface area contributed by atoms with Crippen LogP contribution in [0.5, 0.6) is 0 Å². The fourth-order valence-electron chi connectivity index (χ4n) is 2.76. The van der Waals surface area contributed by atoms with Crippen molar-refractivity contribution in [3.63, 3.8) is 0 Å². The molecule has 2 rings (SSSR count). The third-order valence-electron chi connectivity index (χ3n) is 4.04. The molecule has 0 aliphatic heterocycles. The number of hydrogen-bond acceptors (Lipinski definition) is 3. The van der Waals surface area contributed by atoms with Gasteiger partial charge in [0.25, 0.3) is 0 Å². The number of aliphatic imine (C=N–C) groups is 1. The number of para-hydroxylation sites is 1. The third-order valence-corrected chi connectivity index (χ3v) is 4.04. The molecular formula is C20H31N5O. The minimum absolute atomic E-state index is 0.226. The second kappa shape index (κ2) is 10.6. The predicted molar refractivity (Wildman–Crippen MR) is 107 cm³/mol.